The Labute approximate surface area is 171 Å². The summed E-state index contributed by atoms with van der Waals surface area (Å²) >= 11 is 0. The van der Waals surface area contributed by atoms with Crippen molar-refractivity contribution >= 4 is 35.8 Å². The molecule has 0 aliphatic heterocycles. The van der Waals surface area contributed by atoms with Crippen LogP contribution >= 0.6 is 24.0 Å². The molecule has 2 N–H and O–H groups in total. The van der Waals surface area contributed by atoms with Gasteiger partial charge in [-0.05, 0) is 47.6 Å². The van der Waals surface area contributed by atoms with Gasteiger partial charge in [0.25, 0.3) is 0 Å². The van der Waals surface area contributed by atoms with Crippen molar-refractivity contribution < 1.29 is 4.79 Å². The molecule has 1 aliphatic rings. The molecule has 0 bridgehead atoms. The molecule has 1 aliphatic carbocycles. The first kappa shape index (κ1) is 24.4. The Morgan fingerprint density at radius 3 is 2.32 bits per heavy atom. The lowest BCUT2D eigenvalue weighted by Gasteiger charge is -2.26. The molecule has 0 heterocycles. The second-order valence-corrected chi connectivity index (χ2v) is 7.81. The van der Waals surface area contributed by atoms with E-state index in [4.69, 9.17) is 0 Å². The number of aliphatic imine (C=N–C) groups is 1. The highest BCUT2D eigenvalue weighted by Gasteiger charge is 2.19. The van der Waals surface area contributed by atoms with Crippen LogP contribution < -0.4 is 10.6 Å². The number of amides is 1. The number of guanidine groups is 1. The van der Waals surface area contributed by atoms with Gasteiger partial charge in [0.2, 0.25) is 5.91 Å². The normalized spacial score (nSPS) is 15.9. The second kappa shape index (κ2) is 11.9. The monoisotopic (exact) mass is 467 g/mol. The van der Waals surface area contributed by atoms with E-state index >= 15 is 0 Å². The molecular formula is C18H38IN5O. The van der Waals surface area contributed by atoms with Crippen LogP contribution in [0.4, 0.5) is 0 Å². The van der Waals surface area contributed by atoms with E-state index in [0.717, 1.165) is 31.6 Å². The highest BCUT2D eigenvalue weighted by Crippen LogP contribution is 2.21. The van der Waals surface area contributed by atoms with E-state index in [1.807, 2.05) is 39.6 Å². The van der Waals surface area contributed by atoms with Gasteiger partial charge in [0.05, 0.1) is 13.1 Å². The topological polar surface area (TPSA) is 60.0 Å². The summed E-state index contributed by atoms with van der Waals surface area (Å²) < 4.78 is 0. The molecule has 0 aromatic heterocycles. The van der Waals surface area contributed by atoms with Crippen molar-refractivity contribution in [1.82, 2.24) is 20.4 Å². The Morgan fingerprint density at radius 1 is 1.20 bits per heavy atom. The van der Waals surface area contributed by atoms with Crippen LogP contribution in [0.15, 0.2) is 4.99 Å². The minimum Gasteiger partial charge on any atom is -0.357 e. The fraction of sp³-hybridized carbons (Fsp3) is 0.889. The summed E-state index contributed by atoms with van der Waals surface area (Å²) in [5, 5.41) is 6.26. The Kier molecular flexibility index (Phi) is 11.7. The molecule has 0 aromatic rings. The van der Waals surface area contributed by atoms with Crippen LogP contribution in [-0.2, 0) is 4.79 Å². The fourth-order valence-corrected chi connectivity index (χ4v) is 3.06. The van der Waals surface area contributed by atoms with Gasteiger partial charge >= 0.3 is 0 Å². The van der Waals surface area contributed by atoms with Crippen LogP contribution in [0.2, 0.25) is 0 Å². The van der Waals surface area contributed by atoms with E-state index < -0.39 is 0 Å². The van der Waals surface area contributed by atoms with Gasteiger partial charge in [0, 0.05) is 31.7 Å². The van der Waals surface area contributed by atoms with Crippen molar-refractivity contribution in [2.75, 3.05) is 40.3 Å². The van der Waals surface area contributed by atoms with Crippen molar-refractivity contribution in [3.05, 3.63) is 0 Å². The number of likely N-dealkylation sites (N-methyl/N-ethyl adjacent to an activating group) is 2. The maximum absolute atomic E-state index is 12.1. The first-order chi connectivity index (χ1) is 11.2. The van der Waals surface area contributed by atoms with Crippen molar-refractivity contribution in [3.8, 4) is 0 Å². The lowest BCUT2D eigenvalue weighted by molar-refractivity contribution is -0.122. The van der Waals surface area contributed by atoms with Gasteiger partial charge in [-0.3, -0.25) is 9.79 Å². The van der Waals surface area contributed by atoms with Crippen LogP contribution in [0.5, 0.6) is 0 Å². The highest BCUT2D eigenvalue weighted by atomic mass is 127. The van der Waals surface area contributed by atoms with Crippen molar-refractivity contribution in [1.29, 1.82) is 0 Å². The van der Waals surface area contributed by atoms with Crippen LogP contribution in [0.25, 0.3) is 0 Å². The molecule has 0 spiro atoms. The van der Waals surface area contributed by atoms with Gasteiger partial charge in [-0.2, -0.15) is 0 Å². The molecule has 0 saturated heterocycles. The van der Waals surface area contributed by atoms with Gasteiger partial charge in [-0.25, -0.2) is 0 Å². The van der Waals surface area contributed by atoms with Crippen molar-refractivity contribution in [3.63, 3.8) is 0 Å². The van der Waals surface area contributed by atoms with E-state index in [2.05, 4.69) is 27.6 Å². The molecule has 0 radical (unpaired) electrons. The summed E-state index contributed by atoms with van der Waals surface area (Å²) in [7, 11) is 4.10. The van der Waals surface area contributed by atoms with Crippen LogP contribution in [0, 0.1) is 0 Å². The number of hydrogen-bond donors (Lipinski definition) is 2. The molecule has 1 fully saturated rings. The molecule has 1 saturated carbocycles. The summed E-state index contributed by atoms with van der Waals surface area (Å²) in [5.41, 5.74) is -0.211. The van der Waals surface area contributed by atoms with Crippen molar-refractivity contribution in [2.24, 2.45) is 4.99 Å². The quantitative estimate of drug-likeness (QED) is 0.343. The molecule has 6 nitrogen and oxygen atoms in total. The Balaban J connectivity index is 0.00000576. The first-order valence-electron chi connectivity index (χ1n) is 9.23. The summed E-state index contributed by atoms with van der Waals surface area (Å²) in [6.45, 7) is 10.8. The maximum Gasteiger partial charge on any atom is 0.240 e. The van der Waals surface area contributed by atoms with Crippen LogP contribution in [0.1, 0.15) is 53.4 Å². The molecule has 0 atom stereocenters. The van der Waals surface area contributed by atoms with Gasteiger partial charge in [-0.1, -0.05) is 12.8 Å². The molecule has 7 heteroatoms. The minimum absolute atomic E-state index is 0. The molecule has 25 heavy (non-hydrogen) atoms. The Bertz CT molecular complexity index is 416. The van der Waals surface area contributed by atoms with E-state index in [9.17, 15) is 4.79 Å². The van der Waals surface area contributed by atoms with Gasteiger partial charge in [0.15, 0.2) is 5.96 Å². The van der Waals surface area contributed by atoms with E-state index in [1.54, 1.807) is 0 Å². The van der Waals surface area contributed by atoms with E-state index in [-0.39, 0.29) is 35.4 Å². The second-order valence-electron chi connectivity index (χ2n) is 7.81. The number of halogens is 1. The number of carbonyl (C=O) groups is 1. The number of nitrogens with zero attached hydrogens (tertiary/aromatic N) is 3. The lowest BCUT2D eigenvalue weighted by atomic mass is 10.1. The summed E-state index contributed by atoms with van der Waals surface area (Å²) in [4.78, 5) is 21.1. The standard InChI is InChI=1S/C18H37N5O.HI/c1-7-19-17(23(6)14-16(24)21-18(2,3)4)20-12-13-22(5)15-10-8-9-11-15;/h15H,7-14H2,1-6H3,(H,19,20)(H,21,24);1H. The molecule has 0 unspecified atom stereocenters. The van der Waals surface area contributed by atoms with Gasteiger partial charge in [-0.15, -0.1) is 24.0 Å². The van der Waals surface area contributed by atoms with Crippen LogP contribution in [-0.4, -0.2) is 73.5 Å². The average molecular weight is 467 g/mol. The third-order valence-corrected chi connectivity index (χ3v) is 4.25. The van der Waals surface area contributed by atoms with Crippen molar-refractivity contribution in [2.45, 2.75) is 65.0 Å². The predicted octanol–water partition coefficient (Wildman–Crippen LogP) is 2.29. The molecule has 1 amide bonds. The average Bonchev–Trinajstić information content (AvgIpc) is 2.98. The van der Waals surface area contributed by atoms with Gasteiger partial charge < -0.3 is 20.4 Å². The number of carbonyl (C=O) groups excluding carboxylic acids is 1. The third-order valence-electron chi connectivity index (χ3n) is 4.25. The summed E-state index contributed by atoms with van der Waals surface area (Å²) in [6, 6.07) is 0.720. The smallest absolute Gasteiger partial charge is 0.240 e. The largest absolute Gasteiger partial charge is 0.357 e. The van der Waals surface area contributed by atoms with Gasteiger partial charge in [0.1, 0.15) is 0 Å². The Hall–Kier alpha value is -0.570. The maximum atomic E-state index is 12.1. The summed E-state index contributed by atoms with van der Waals surface area (Å²) in [5.74, 6) is 0.806. The summed E-state index contributed by atoms with van der Waals surface area (Å²) in [6.07, 6.45) is 5.33. The third kappa shape index (κ3) is 10.2. The molecule has 1 rings (SSSR count). The SMILES string of the molecule is CCNC(=NCCN(C)C1CCCC1)N(C)CC(=O)NC(C)(C)C.I. The predicted molar refractivity (Wildman–Crippen MR) is 117 cm³/mol. The molecule has 148 valence electrons. The molecular weight excluding hydrogens is 429 g/mol. The van der Waals surface area contributed by atoms with E-state index in [0.29, 0.717) is 6.54 Å². The fourth-order valence-electron chi connectivity index (χ4n) is 3.06. The highest BCUT2D eigenvalue weighted by molar-refractivity contribution is 14.0. The minimum atomic E-state index is -0.211. The lowest BCUT2D eigenvalue weighted by Crippen LogP contribution is -2.49. The zero-order valence-electron chi connectivity index (χ0n) is 16.9. The number of rotatable bonds is 7. The Morgan fingerprint density at radius 2 is 1.80 bits per heavy atom. The number of hydrogen-bond acceptors (Lipinski definition) is 3. The number of nitrogens with one attached hydrogen (secondary N) is 2. The zero-order valence-corrected chi connectivity index (χ0v) is 19.2. The van der Waals surface area contributed by atoms with E-state index in [1.165, 1.54) is 25.7 Å². The zero-order chi connectivity index (χ0) is 18.2. The van der Waals surface area contributed by atoms with Crippen LogP contribution in [0.3, 0.4) is 0 Å². The first-order valence-corrected chi connectivity index (χ1v) is 9.23. The molecule has 0 aromatic carbocycles.